The number of aliphatic hydroxyl groups is 1. The number of rotatable bonds is 7. The Bertz CT molecular complexity index is 708. The Morgan fingerprint density at radius 3 is 2.59 bits per heavy atom. The van der Waals surface area contributed by atoms with E-state index in [-0.39, 0.29) is 5.91 Å². The second kappa shape index (κ2) is 9.51. The molecule has 1 aromatic heterocycles. The minimum Gasteiger partial charge on any atom is -0.392 e. The van der Waals surface area contributed by atoms with Gasteiger partial charge in [0.05, 0.1) is 11.7 Å². The fourth-order valence-corrected chi connectivity index (χ4v) is 3.50. The number of carbonyl (C=O) groups excluding carboxylic acids is 1. The highest BCUT2D eigenvalue weighted by Crippen LogP contribution is 2.23. The number of hydrogen-bond donors (Lipinski definition) is 2. The van der Waals surface area contributed by atoms with Crippen molar-refractivity contribution in [1.29, 1.82) is 0 Å². The number of carbonyl (C=O) groups is 1. The van der Waals surface area contributed by atoms with Gasteiger partial charge in [-0.25, -0.2) is 4.98 Å². The Morgan fingerprint density at radius 2 is 1.96 bits per heavy atom. The van der Waals surface area contributed by atoms with Crippen LogP contribution >= 0.6 is 0 Å². The smallest absolute Gasteiger partial charge is 0.255 e. The van der Waals surface area contributed by atoms with Crippen molar-refractivity contribution >= 4 is 11.7 Å². The zero-order valence-corrected chi connectivity index (χ0v) is 16.0. The molecule has 0 spiro atoms. The van der Waals surface area contributed by atoms with Crippen LogP contribution in [0.25, 0.3) is 0 Å². The minimum absolute atomic E-state index is 0.0612. The number of benzene rings is 1. The van der Waals surface area contributed by atoms with E-state index in [1.54, 1.807) is 25.3 Å². The molecule has 1 atom stereocenters. The molecule has 0 bridgehead atoms. The number of amides is 1. The first-order valence-electron chi connectivity index (χ1n) is 9.83. The SMILES string of the molecule is C[C@H](O)CNc1ccc(C(=O)N2CCC(CCc3ccccc3)CC2)cn1. The molecule has 1 aliphatic heterocycles. The lowest BCUT2D eigenvalue weighted by molar-refractivity contribution is 0.0686. The predicted molar refractivity (Wildman–Crippen MR) is 108 cm³/mol. The summed E-state index contributed by atoms with van der Waals surface area (Å²) in [6.45, 7) is 3.80. The number of pyridine rings is 1. The summed E-state index contributed by atoms with van der Waals surface area (Å²) < 4.78 is 0. The standard InChI is InChI=1S/C22H29N3O2/c1-17(26)15-23-21-10-9-20(16-24-21)22(27)25-13-11-19(12-14-25)8-7-18-5-3-2-4-6-18/h2-6,9-10,16-17,19,26H,7-8,11-15H2,1H3,(H,23,24)/t17-/m0/s1. The topological polar surface area (TPSA) is 65.5 Å². The molecule has 1 saturated heterocycles. The van der Waals surface area contributed by atoms with Crippen molar-refractivity contribution in [2.24, 2.45) is 5.92 Å². The maximum absolute atomic E-state index is 12.7. The van der Waals surface area contributed by atoms with Gasteiger partial charge in [-0.15, -0.1) is 0 Å². The van der Waals surface area contributed by atoms with Crippen molar-refractivity contribution in [3.05, 3.63) is 59.8 Å². The first-order valence-corrected chi connectivity index (χ1v) is 9.83. The van der Waals surface area contributed by atoms with Crippen LogP contribution in [0, 0.1) is 5.92 Å². The molecule has 0 radical (unpaired) electrons. The highest BCUT2D eigenvalue weighted by Gasteiger charge is 2.23. The average molecular weight is 367 g/mol. The molecule has 1 aromatic carbocycles. The second-order valence-corrected chi connectivity index (χ2v) is 7.42. The third kappa shape index (κ3) is 5.79. The van der Waals surface area contributed by atoms with Gasteiger partial charge in [-0.1, -0.05) is 30.3 Å². The van der Waals surface area contributed by atoms with E-state index >= 15 is 0 Å². The Labute approximate surface area is 161 Å². The normalized spacial score (nSPS) is 16.1. The molecule has 2 aromatic rings. The highest BCUT2D eigenvalue weighted by atomic mass is 16.3. The van der Waals surface area contributed by atoms with Crippen molar-refractivity contribution in [3.8, 4) is 0 Å². The maximum Gasteiger partial charge on any atom is 0.255 e. The fraction of sp³-hybridized carbons (Fsp3) is 0.455. The zero-order chi connectivity index (χ0) is 19.1. The van der Waals surface area contributed by atoms with Crippen molar-refractivity contribution in [3.63, 3.8) is 0 Å². The number of aryl methyl sites for hydroxylation is 1. The molecule has 2 N–H and O–H groups in total. The van der Waals surface area contributed by atoms with Crippen LogP contribution in [0.4, 0.5) is 5.82 Å². The number of hydrogen-bond acceptors (Lipinski definition) is 4. The van der Waals surface area contributed by atoms with Crippen LogP contribution in [0.15, 0.2) is 48.7 Å². The number of aromatic nitrogens is 1. The predicted octanol–water partition coefficient (Wildman–Crippen LogP) is 3.36. The first kappa shape index (κ1) is 19.4. The van der Waals surface area contributed by atoms with Crippen molar-refractivity contribution in [2.75, 3.05) is 25.0 Å². The monoisotopic (exact) mass is 367 g/mol. The molecule has 0 aliphatic carbocycles. The molecule has 5 heteroatoms. The first-order chi connectivity index (χ1) is 13.1. The van der Waals surface area contributed by atoms with E-state index < -0.39 is 6.10 Å². The van der Waals surface area contributed by atoms with Crippen molar-refractivity contribution < 1.29 is 9.90 Å². The van der Waals surface area contributed by atoms with Crippen LogP contribution < -0.4 is 5.32 Å². The van der Waals surface area contributed by atoms with Crippen molar-refractivity contribution in [1.82, 2.24) is 9.88 Å². The molecule has 5 nitrogen and oxygen atoms in total. The fourth-order valence-electron chi connectivity index (χ4n) is 3.50. The van der Waals surface area contributed by atoms with Gasteiger partial charge in [0.15, 0.2) is 0 Å². The summed E-state index contributed by atoms with van der Waals surface area (Å²) >= 11 is 0. The van der Waals surface area contributed by atoms with Gasteiger partial charge in [0.1, 0.15) is 5.82 Å². The largest absolute Gasteiger partial charge is 0.392 e. The van der Waals surface area contributed by atoms with Crippen LogP contribution in [0.5, 0.6) is 0 Å². The Hall–Kier alpha value is -2.40. The van der Waals surface area contributed by atoms with Crippen LogP contribution in [-0.4, -0.2) is 46.6 Å². The third-order valence-electron chi connectivity index (χ3n) is 5.17. The lowest BCUT2D eigenvalue weighted by atomic mass is 9.90. The van der Waals surface area contributed by atoms with E-state index in [2.05, 4.69) is 40.6 Å². The highest BCUT2D eigenvalue weighted by molar-refractivity contribution is 5.94. The number of aliphatic hydroxyl groups excluding tert-OH is 1. The molecular weight excluding hydrogens is 338 g/mol. The van der Waals surface area contributed by atoms with Gasteiger partial charge in [-0.05, 0) is 56.2 Å². The molecule has 2 heterocycles. The van der Waals surface area contributed by atoms with Gasteiger partial charge in [0.2, 0.25) is 0 Å². The lowest BCUT2D eigenvalue weighted by Crippen LogP contribution is -2.38. The minimum atomic E-state index is -0.434. The van der Waals surface area contributed by atoms with E-state index in [0.29, 0.717) is 23.8 Å². The molecule has 0 saturated carbocycles. The molecule has 3 rings (SSSR count). The molecule has 1 amide bonds. The summed E-state index contributed by atoms with van der Waals surface area (Å²) in [7, 11) is 0. The number of piperidine rings is 1. The Kier molecular flexibility index (Phi) is 6.82. The van der Waals surface area contributed by atoms with E-state index in [0.717, 1.165) is 32.4 Å². The summed E-state index contributed by atoms with van der Waals surface area (Å²) in [6, 6.07) is 14.2. The van der Waals surface area contributed by atoms with Crippen LogP contribution in [-0.2, 0) is 6.42 Å². The number of nitrogens with zero attached hydrogens (tertiary/aromatic N) is 2. The van der Waals surface area contributed by atoms with Gasteiger partial charge < -0.3 is 15.3 Å². The van der Waals surface area contributed by atoms with Gasteiger partial charge >= 0.3 is 0 Å². The summed E-state index contributed by atoms with van der Waals surface area (Å²) in [5.74, 6) is 1.43. The average Bonchev–Trinajstić information content (AvgIpc) is 2.72. The lowest BCUT2D eigenvalue weighted by Gasteiger charge is -2.32. The number of likely N-dealkylation sites (tertiary alicyclic amines) is 1. The molecule has 1 fully saturated rings. The molecule has 1 aliphatic rings. The van der Waals surface area contributed by atoms with Gasteiger partial charge in [-0.3, -0.25) is 4.79 Å². The number of nitrogens with one attached hydrogen (secondary N) is 1. The summed E-state index contributed by atoms with van der Waals surface area (Å²) in [4.78, 5) is 18.9. The summed E-state index contributed by atoms with van der Waals surface area (Å²) in [6.07, 6.45) is 5.63. The van der Waals surface area contributed by atoms with E-state index in [1.807, 2.05) is 4.90 Å². The maximum atomic E-state index is 12.7. The third-order valence-corrected chi connectivity index (χ3v) is 5.17. The van der Waals surface area contributed by atoms with Crippen LogP contribution in [0.1, 0.15) is 42.1 Å². The van der Waals surface area contributed by atoms with E-state index in [1.165, 1.54) is 12.0 Å². The summed E-state index contributed by atoms with van der Waals surface area (Å²) in [5.41, 5.74) is 2.02. The second-order valence-electron chi connectivity index (χ2n) is 7.42. The van der Waals surface area contributed by atoms with Gasteiger partial charge in [0, 0.05) is 25.8 Å². The van der Waals surface area contributed by atoms with Gasteiger partial charge in [0.25, 0.3) is 5.91 Å². The van der Waals surface area contributed by atoms with E-state index in [4.69, 9.17) is 0 Å². The molecule has 27 heavy (non-hydrogen) atoms. The van der Waals surface area contributed by atoms with Crippen LogP contribution in [0.3, 0.4) is 0 Å². The Morgan fingerprint density at radius 1 is 1.22 bits per heavy atom. The zero-order valence-electron chi connectivity index (χ0n) is 16.0. The summed E-state index contributed by atoms with van der Waals surface area (Å²) in [5, 5.41) is 12.3. The molecule has 144 valence electrons. The van der Waals surface area contributed by atoms with Crippen LogP contribution in [0.2, 0.25) is 0 Å². The quantitative estimate of drug-likeness (QED) is 0.788. The Balaban J connectivity index is 1.45. The molecular formula is C22H29N3O2. The van der Waals surface area contributed by atoms with Crippen molar-refractivity contribution in [2.45, 2.75) is 38.7 Å². The van der Waals surface area contributed by atoms with Gasteiger partial charge in [-0.2, -0.15) is 0 Å². The number of anilines is 1. The molecule has 0 unspecified atom stereocenters. The van der Waals surface area contributed by atoms with E-state index in [9.17, 15) is 9.90 Å².